The van der Waals surface area contributed by atoms with E-state index in [0.29, 0.717) is 0 Å². The van der Waals surface area contributed by atoms with Gasteiger partial charge in [-0.05, 0) is 25.0 Å². The molecule has 3 heterocycles. The molecule has 1 fully saturated rings. The summed E-state index contributed by atoms with van der Waals surface area (Å²) in [5, 5.41) is 14.5. The molecule has 130 valence electrons. The molecule has 1 aliphatic heterocycles. The quantitative estimate of drug-likeness (QED) is 0.754. The molecular formula is C18H21N5OS. The van der Waals surface area contributed by atoms with E-state index in [-0.39, 0.29) is 11.4 Å². The number of nitrogens with zero attached hydrogens (tertiary/aromatic N) is 3. The van der Waals surface area contributed by atoms with Crippen LogP contribution in [0.2, 0.25) is 0 Å². The van der Waals surface area contributed by atoms with Crippen LogP contribution in [-0.2, 0) is 16.9 Å². The molecule has 0 spiro atoms. The summed E-state index contributed by atoms with van der Waals surface area (Å²) in [5.41, 5.74) is 2.93. The Hall–Kier alpha value is -2.25. The zero-order valence-electron chi connectivity index (χ0n) is 14.4. The van der Waals surface area contributed by atoms with Gasteiger partial charge in [-0.2, -0.15) is 5.10 Å². The van der Waals surface area contributed by atoms with Crippen LogP contribution in [0.4, 0.5) is 0 Å². The fraction of sp³-hybridized carbons (Fsp3) is 0.389. The number of carbonyl (C=O) groups is 1. The number of thiazole rings is 1. The lowest BCUT2D eigenvalue weighted by atomic mass is 9.99. The Morgan fingerprint density at radius 2 is 2.36 bits per heavy atom. The number of carbonyl (C=O) groups excluding carboxylic acids is 1. The van der Waals surface area contributed by atoms with Crippen molar-refractivity contribution < 1.29 is 4.79 Å². The third-order valence-corrected chi connectivity index (χ3v) is 5.87. The normalized spacial score (nSPS) is 21.0. The van der Waals surface area contributed by atoms with Crippen molar-refractivity contribution in [2.24, 2.45) is 0 Å². The predicted octanol–water partition coefficient (Wildman–Crippen LogP) is 2.57. The number of rotatable bonds is 4. The summed E-state index contributed by atoms with van der Waals surface area (Å²) in [6, 6.07) is 6.38. The topological polar surface area (TPSA) is 73.9 Å². The van der Waals surface area contributed by atoms with Crippen molar-refractivity contribution in [3.05, 3.63) is 46.0 Å². The number of hydrogen-bond donors (Lipinski definition) is 2. The van der Waals surface area contributed by atoms with E-state index in [9.17, 15) is 4.79 Å². The highest BCUT2D eigenvalue weighted by atomic mass is 32.1. The zero-order chi connectivity index (χ0) is 17.4. The van der Waals surface area contributed by atoms with Gasteiger partial charge in [-0.25, -0.2) is 4.98 Å². The van der Waals surface area contributed by atoms with Gasteiger partial charge in [0.15, 0.2) is 0 Å². The van der Waals surface area contributed by atoms with Gasteiger partial charge >= 0.3 is 0 Å². The molecule has 1 aliphatic rings. The van der Waals surface area contributed by atoms with Crippen molar-refractivity contribution in [1.82, 2.24) is 25.4 Å². The van der Waals surface area contributed by atoms with E-state index in [4.69, 9.17) is 0 Å². The van der Waals surface area contributed by atoms with E-state index in [2.05, 4.69) is 43.6 Å². The number of aryl methyl sites for hydroxylation is 1. The molecule has 0 saturated carbocycles. The molecule has 3 aromatic rings. The van der Waals surface area contributed by atoms with E-state index in [1.165, 1.54) is 5.56 Å². The first-order chi connectivity index (χ1) is 12.0. The first-order valence-corrected chi connectivity index (χ1v) is 9.28. The molecule has 1 amide bonds. The lowest BCUT2D eigenvalue weighted by Crippen LogP contribution is -2.47. The van der Waals surface area contributed by atoms with Crippen LogP contribution in [0, 0.1) is 6.92 Å². The summed E-state index contributed by atoms with van der Waals surface area (Å²) in [6.07, 6.45) is 2.72. The number of likely N-dealkylation sites (tertiary alicyclic amines) is 1. The molecule has 1 atom stereocenters. The Balaban J connectivity index is 1.55. The lowest BCUT2D eigenvalue weighted by Gasteiger charge is -2.28. The molecule has 0 radical (unpaired) electrons. The SMILES string of the molecule is CC(=O)NC1(c2nc(C)cs2)CCN(Cc2ccc3cn[nH]c3c2)C1. The third-order valence-electron chi connectivity index (χ3n) is 4.70. The largest absolute Gasteiger partial charge is 0.343 e. The summed E-state index contributed by atoms with van der Waals surface area (Å²) in [6.45, 7) is 6.13. The molecule has 2 aromatic heterocycles. The van der Waals surface area contributed by atoms with Crippen molar-refractivity contribution in [3.8, 4) is 0 Å². The monoisotopic (exact) mass is 355 g/mol. The molecule has 0 bridgehead atoms. The summed E-state index contributed by atoms with van der Waals surface area (Å²) in [5.74, 6) is -0.00594. The van der Waals surface area contributed by atoms with Crippen molar-refractivity contribution in [3.63, 3.8) is 0 Å². The first-order valence-electron chi connectivity index (χ1n) is 8.40. The highest BCUT2D eigenvalue weighted by Crippen LogP contribution is 2.35. The van der Waals surface area contributed by atoms with Gasteiger partial charge in [-0.3, -0.25) is 14.8 Å². The first kappa shape index (κ1) is 16.2. The molecule has 25 heavy (non-hydrogen) atoms. The number of benzene rings is 1. The second-order valence-electron chi connectivity index (χ2n) is 6.81. The maximum Gasteiger partial charge on any atom is 0.217 e. The number of amides is 1. The van der Waals surface area contributed by atoms with E-state index in [1.54, 1.807) is 18.3 Å². The Labute approximate surface area is 150 Å². The van der Waals surface area contributed by atoms with Crippen LogP contribution in [0.1, 0.15) is 29.6 Å². The molecule has 0 aliphatic carbocycles. The van der Waals surface area contributed by atoms with E-state index in [0.717, 1.165) is 47.7 Å². The minimum atomic E-state index is -0.372. The Kier molecular flexibility index (Phi) is 4.05. The molecule has 7 heteroatoms. The van der Waals surface area contributed by atoms with Gasteiger partial charge in [0, 0.05) is 43.0 Å². The molecule has 1 aromatic carbocycles. The van der Waals surface area contributed by atoms with Crippen molar-refractivity contribution in [1.29, 1.82) is 0 Å². The van der Waals surface area contributed by atoms with E-state index < -0.39 is 0 Å². The van der Waals surface area contributed by atoms with Gasteiger partial charge < -0.3 is 5.32 Å². The Morgan fingerprint density at radius 1 is 1.48 bits per heavy atom. The standard InChI is InChI=1S/C18H21N5OS/c1-12-10-25-17(20-12)18(21-13(2)24)5-6-23(11-18)9-14-3-4-15-8-19-22-16(15)7-14/h3-4,7-8,10H,5-6,9,11H2,1-2H3,(H,19,22)(H,21,24). The van der Waals surface area contributed by atoms with Crippen LogP contribution in [0.15, 0.2) is 29.8 Å². The minimum Gasteiger partial charge on any atom is -0.343 e. The summed E-state index contributed by atoms with van der Waals surface area (Å²) in [7, 11) is 0. The summed E-state index contributed by atoms with van der Waals surface area (Å²) in [4.78, 5) is 18.8. The van der Waals surface area contributed by atoms with Crippen molar-refractivity contribution in [2.75, 3.05) is 13.1 Å². The minimum absolute atomic E-state index is 0.00594. The highest BCUT2D eigenvalue weighted by Gasteiger charge is 2.42. The number of hydrogen-bond acceptors (Lipinski definition) is 5. The lowest BCUT2D eigenvalue weighted by molar-refractivity contribution is -0.120. The number of aromatic amines is 1. The number of H-pyrrole nitrogens is 1. The Bertz CT molecular complexity index is 917. The van der Waals surface area contributed by atoms with Gasteiger partial charge in [-0.1, -0.05) is 12.1 Å². The van der Waals surface area contributed by atoms with E-state index in [1.807, 2.05) is 18.5 Å². The van der Waals surface area contributed by atoms with E-state index >= 15 is 0 Å². The molecular weight excluding hydrogens is 334 g/mol. The molecule has 1 saturated heterocycles. The molecule has 1 unspecified atom stereocenters. The van der Waals surface area contributed by atoms with Crippen molar-refractivity contribution in [2.45, 2.75) is 32.4 Å². The third kappa shape index (κ3) is 3.17. The van der Waals surface area contributed by atoms with Gasteiger partial charge in [-0.15, -0.1) is 11.3 Å². The number of fused-ring (bicyclic) bond motifs is 1. The van der Waals surface area contributed by atoms with Crippen LogP contribution in [0.25, 0.3) is 10.9 Å². The second kappa shape index (κ2) is 6.24. The smallest absolute Gasteiger partial charge is 0.217 e. The average Bonchev–Trinajstić information content (AvgIpc) is 3.27. The highest BCUT2D eigenvalue weighted by molar-refractivity contribution is 7.09. The maximum atomic E-state index is 11.8. The van der Waals surface area contributed by atoms with Gasteiger partial charge in [0.2, 0.25) is 5.91 Å². The maximum absolute atomic E-state index is 11.8. The average molecular weight is 355 g/mol. The van der Waals surface area contributed by atoms with Gasteiger partial charge in [0.25, 0.3) is 0 Å². The van der Waals surface area contributed by atoms with Crippen LogP contribution in [0.5, 0.6) is 0 Å². The Morgan fingerprint density at radius 3 is 3.12 bits per heavy atom. The summed E-state index contributed by atoms with van der Waals surface area (Å²) >= 11 is 1.63. The van der Waals surface area contributed by atoms with Crippen molar-refractivity contribution >= 4 is 28.1 Å². The second-order valence-corrected chi connectivity index (χ2v) is 7.67. The van der Waals surface area contributed by atoms with Crippen LogP contribution >= 0.6 is 11.3 Å². The van der Waals surface area contributed by atoms with Gasteiger partial charge in [0.1, 0.15) is 10.5 Å². The summed E-state index contributed by atoms with van der Waals surface area (Å²) < 4.78 is 0. The van der Waals surface area contributed by atoms with Crippen LogP contribution < -0.4 is 5.32 Å². The number of nitrogens with one attached hydrogen (secondary N) is 2. The van der Waals surface area contributed by atoms with Crippen LogP contribution in [-0.4, -0.2) is 39.1 Å². The fourth-order valence-corrected chi connectivity index (χ4v) is 4.58. The molecule has 6 nitrogen and oxygen atoms in total. The van der Waals surface area contributed by atoms with Crippen LogP contribution in [0.3, 0.4) is 0 Å². The zero-order valence-corrected chi connectivity index (χ0v) is 15.2. The number of aromatic nitrogens is 3. The molecule has 4 rings (SSSR count). The predicted molar refractivity (Wildman–Crippen MR) is 98.3 cm³/mol. The van der Waals surface area contributed by atoms with Gasteiger partial charge in [0.05, 0.1) is 11.7 Å². The molecule has 2 N–H and O–H groups in total. The fourth-order valence-electron chi connectivity index (χ4n) is 3.61.